The molecule has 10 rings (SSSR count). The number of ketones is 2. The molecule has 4 aliphatic carbocycles. The molecule has 0 aromatic carbocycles. The Hall–Kier alpha value is -6.35. The van der Waals surface area contributed by atoms with Crippen molar-refractivity contribution in [2.24, 2.45) is 44.5 Å². The van der Waals surface area contributed by atoms with Gasteiger partial charge in [-0.2, -0.15) is 0 Å². The average molecular weight is 1100 g/mol. The molecule has 0 spiro atoms. The number of nitrogens with zero attached hydrogens (tertiary/aromatic N) is 4. The molecule has 0 saturated heterocycles. The Kier molecular flexibility index (Phi) is 15.0. The van der Waals surface area contributed by atoms with Crippen molar-refractivity contribution in [2.75, 3.05) is 6.61 Å². The van der Waals surface area contributed by atoms with Crippen LogP contribution in [0.4, 0.5) is 8.78 Å². The summed E-state index contributed by atoms with van der Waals surface area (Å²) in [4.78, 5) is 70.6. The summed E-state index contributed by atoms with van der Waals surface area (Å²) in [6.07, 6.45) is 15.9. The van der Waals surface area contributed by atoms with E-state index in [2.05, 4.69) is 45.5 Å². The number of alkyl halides is 2. The standard InChI is InChI=1S/C34H34N4O4.C27H36F2O5.Fe/c1-7-21-17(3)25-13-26-19(5)23(9-11-33(39)40)31(37-26)16-32-24(10-12-34(41)42)20(6)28(38-32)15-30-22(8-2)18(4)27(36-30)14-29(21)35-25;1-5-6-7-23(33)34-14-21(31)24-15(2)10-17-18-12-20(28)19-11-16(30)8-9-26(19,4)27(18,29)22(32)13-25(17,24)3;/h7-8,13-16H,1-2,9-12H2,3-6H3,(H4,35,36,37,38,39,40,41,42);8-9,11,15,17-18,20,22,24,32H,5-7,10,12-14H2,1-4H3;/q;;+2/p-2/b25-13?,26-13-,27-14?,28-15-,29-14-,30-15?,31-16-,32-16?;;/t;15-,17+,18+,20+,22+,24-,25+,26+,27+;/m.1./s1. The van der Waals surface area contributed by atoms with Crippen LogP contribution >= 0.6 is 0 Å². The Balaban J connectivity index is 0.000000193. The van der Waals surface area contributed by atoms with E-state index in [1.165, 1.54) is 18.2 Å². The van der Waals surface area contributed by atoms with Crippen molar-refractivity contribution in [1.82, 2.24) is 7.17 Å². The number of aliphatic carboxylic acids is 2. The van der Waals surface area contributed by atoms with Gasteiger partial charge in [0.25, 0.3) is 0 Å². The Morgan fingerprint density at radius 2 is 1.53 bits per heavy atom. The van der Waals surface area contributed by atoms with Gasteiger partial charge < -0.3 is 9.84 Å². The molecule has 4 aliphatic heterocycles. The number of aromatic nitrogens is 2. The molecule has 16 heteroatoms. The monoisotopic (exact) mass is 1090 g/mol. The van der Waals surface area contributed by atoms with Crippen LogP contribution in [0.2, 0.25) is 0 Å². The van der Waals surface area contributed by atoms with E-state index in [9.17, 15) is 39.3 Å². The molecule has 13 nitrogen and oxygen atoms in total. The molecule has 3 fully saturated rings. The first-order chi connectivity index (χ1) is 36.4. The minimum absolute atomic E-state index is 0.0140. The van der Waals surface area contributed by atoms with Crippen molar-refractivity contribution in [1.29, 1.82) is 0 Å². The Morgan fingerprint density at radius 3 is 2.21 bits per heavy atom. The molecule has 408 valence electrons. The average Bonchev–Trinajstić information content (AvgIpc) is 4.28. The van der Waals surface area contributed by atoms with Crippen LogP contribution < -0.4 is 10.7 Å². The number of hydrogen-bond donors (Lipinski definition) is 3. The predicted octanol–water partition coefficient (Wildman–Crippen LogP) is 9.21. The summed E-state index contributed by atoms with van der Waals surface area (Å²) < 4.78 is 42.2. The Bertz CT molecular complexity index is 3380. The van der Waals surface area contributed by atoms with Gasteiger partial charge >= 0.3 is 263 Å². The van der Waals surface area contributed by atoms with Gasteiger partial charge in [-0.05, 0) is 67.6 Å². The molecule has 6 bridgehead atoms. The van der Waals surface area contributed by atoms with Crippen molar-refractivity contribution < 1.29 is 68.2 Å². The molecule has 0 radical (unpaired) electrons. The van der Waals surface area contributed by atoms with Crippen LogP contribution in [-0.2, 0) is 50.5 Å². The van der Waals surface area contributed by atoms with Gasteiger partial charge in [0.05, 0.1) is 6.10 Å². The second kappa shape index (κ2) is 20.8. The number of aliphatic imine (C=N–C) groups is 2. The van der Waals surface area contributed by atoms with Gasteiger partial charge in [-0.3, -0.25) is 14.4 Å². The number of carbonyl (C=O) groups excluding carboxylic acids is 3. The second-order valence-electron chi connectivity index (χ2n) is 22.3. The van der Waals surface area contributed by atoms with Crippen LogP contribution in [0.3, 0.4) is 0 Å². The smallest absolute Gasteiger partial charge is 0.306 e. The maximum atomic E-state index is 17.1. The van der Waals surface area contributed by atoms with E-state index in [0.717, 1.165) is 90.2 Å². The van der Waals surface area contributed by atoms with Crippen molar-refractivity contribution >= 4 is 71.3 Å². The number of fused-ring (bicyclic) bond motifs is 7. The fraction of sp³-hybridized carbons (Fsp3) is 0.459. The maximum Gasteiger partial charge on any atom is 0.306 e. The third-order valence-electron chi connectivity index (χ3n) is 18.0. The number of aliphatic hydroxyl groups is 1. The summed E-state index contributed by atoms with van der Waals surface area (Å²) in [6, 6.07) is 0. The van der Waals surface area contributed by atoms with E-state index in [-0.39, 0.29) is 67.7 Å². The van der Waals surface area contributed by atoms with Crippen LogP contribution in [0.25, 0.3) is 30.4 Å². The topological polar surface area (TPSA) is 190 Å². The number of rotatable bonds is 14. The quantitative estimate of drug-likeness (QED) is 0.122. The molecular weight excluding hydrogens is 1030 g/mol. The van der Waals surface area contributed by atoms with Gasteiger partial charge in [0, 0.05) is 23.7 Å². The number of carbonyl (C=O) groups is 5. The molecule has 77 heavy (non-hydrogen) atoms. The SMILES string of the molecule is C=CC1=C(C)C2=NC/1=C\c1c(C)c(C=C)c3[n]1[Fe][n]1/c(c(C)c(CCC(=O)O)/c1=C/C1=NC(=C\3)/C(C)=C1CCC(=O)O)=C\2.CCCCC(=O)OCC(=O)[C@H]1[C@H](C)C[C@H]2[C@@H]3C[C@H](F)C4=CC(=O)C=C[C@]4(C)[C@@]3(F)[C@@H](O)C[C@@]21C. The number of aliphatic hydroxyl groups excluding tert-OH is 1. The number of allylic oxidation sites excluding steroid dienone is 8. The number of esters is 1. The first kappa shape index (κ1) is 55.4. The normalized spacial score (nSPS) is 31.5. The minimum atomic E-state index is -2.15. The largest absolute Gasteiger partial charge is 0.458 e. The van der Waals surface area contributed by atoms with E-state index in [1.54, 1.807) is 6.92 Å². The van der Waals surface area contributed by atoms with Gasteiger partial charge in [0.1, 0.15) is 12.8 Å². The van der Waals surface area contributed by atoms with E-state index in [4.69, 9.17) is 14.7 Å². The van der Waals surface area contributed by atoms with Crippen LogP contribution in [0, 0.1) is 48.3 Å². The van der Waals surface area contributed by atoms with Crippen molar-refractivity contribution in [3.8, 4) is 0 Å². The number of halogens is 2. The Labute approximate surface area is 454 Å². The van der Waals surface area contributed by atoms with Gasteiger partial charge in [-0.15, -0.1) is 0 Å². The van der Waals surface area contributed by atoms with Gasteiger partial charge in [-0.25, -0.2) is 8.78 Å². The summed E-state index contributed by atoms with van der Waals surface area (Å²) in [7, 11) is 0. The van der Waals surface area contributed by atoms with Gasteiger partial charge in [0.15, 0.2) is 17.2 Å². The first-order valence-corrected chi connectivity index (χ1v) is 27.6. The molecule has 9 atom stereocenters. The fourth-order valence-electron chi connectivity index (χ4n) is 14.0. The summed E-state index contributed by atoms with van der Waals surface area (Å²) in [5, 5.41) is 32.2. The van der Waals surface area contributed by atoms with Crippen LogP contribution in [0.15, 0.2) is 86.7 Å². The van der Waals surface area contributed by atoms with Crippen molar-refractivity contribution in [2.45, 2.75) is 138 Å². The zero-order valence-electron chi connectivity index (χ0n) is 45.0. The summed E-state index contributed by atoms with van der Waals surface area (Å²) >= 11 is 0.463. The zero-order chi connectivity index (χ0) is 55.8. The molecular formula is C61H68F2FeN4O9. The van der Waals surface area contributed by atoms with E-state index in [1.807, 2.05) is 59.8 Å². The van der Waals surface area contributed by atoms with Crippen LogP contribution in [-0.4, -0.2) is 87.9 Å². The van der Waals surface area contributed by atoms with E-state index in [0.29, 0.717) is 46.8 Å². The number of Topliss-reactive ketones (excluding diaryl/α,β-unsaturated/α-hetero) is 1. The molecule has 0 unspecified atom stereocenters. The molecule has 8 aliphatic rings. The number of carboxylic acid groups (broad SMARTS) is 2. The molecule has 6 heterocycles. The molecule has 3 saturated carbocycles. The summed E-state index contributed by atoms with van der Waals surface area (Å²) in [6.45, 7) is 23.4. The third-order valence-corrected chi connectivity index (χ3v) is 19.5. The van der Waals surface area contributed by atoms with Crippen molar-refractivity contribution in [3.63, 3.8) is 0 Å². The summed E-state index contributed by atoms with van der Waals surface area (Å²) in [5.41, 5.74) is 8.65. The number of ether oxygens (including phenoxy) is 1. The third kappa shape index (κ3) is 9.15. The van der Waals surface area contributed by atoms with Crippen LogP contribution in [0.1, 0.15) is 133 Å². The molecule has 0 amide bonds. The first-order valence-electron chi connectivity index (χ1n) is 26.6. The van der Waals surface area contributed by atoms with Crippen molar-refractivity contribution in [3.05, 3.63) is 121 Å². The maximum absolute atomic E-state index is 17.1. The molecule has 2 aromatic rings. The Morgan fingerprint density at radius 1 is 0.857 bits per heavy atom. The van der Waals surface area contributed by atoms with Crippen LogP contribution in [0.5, 0.6) is 0 Å². The fourth-order valence-corrected chi connectivity index (χ4v) is 15.7. The zero-order valence-corrected chi connectivity index (χ0v) is 46.1. The predicted molar refractivity (Wildman–Crippen MR) is 289 cm³/mol. The molecule has 3 N–H and O–H groups in total. The summed E-state index contributed by atoms with van der Waals surface area (Å²) in [5.74, 6) is -4.48. The minimum Gasteiger partial charge on any atom is -0.458 e. The number of unbranched alkanes of at least 4 members (excludes halogenated alkanes) is 1. The van der Waals surface area contributed by atoms with E-state index < -0.39 is 58.5 Å². The number of carboxylic acids is 2. The van der Waals surface area contributed by atoms with Gasteiger partial charge in [-0.1, -0.05) is 33.3 Å². The van der Waals surface area contributed by atoms with Gasteiger partial charge in [0.2, 0.25) is 0 Å². The second-order valence-corrected chi connectivity index (χ2v) is 23.6. The van der Waals surface area contributed by atoms with E-state index >= 15 is 8.78 Å². The number of hydrogen-bond acceptors (Lipinski definition) is 9. The molecule has 2 aromatic heterocycles.